The molecule has 0 radical (unpaired) electrons. The molecule has 112 heavy (non-hydrogen) atoms. The Labute approximate surface area is 656 Å². The maximum Gasteiger partial charge on any atom is 0.159 e. The predicted octanol–water partition coefficient (Wildman–Crippen LogP) is 30.5. The number of para-hydroxylation sites is 6. The first-order valence-electron chi connectivity index (χ1n) is 39.5. The summed E-state index contributed by atoms with van der Waals surface area (Å²) in [6.07, 6.45) is 0. The number of furan rings is 4. The van der Waals surface area contributed by atoms with Crippen LogP contribution in [-0.2, 0) is 32.5 Å². The second-order valence-electron chi connectivity index (χ2n) is 36.1. The standard InChI is InChI=1S/C105H93N3O4/c1-100(2,3)64-38-40-69(41-39-64)105(70-50-60-73(61-51-70)106(71-52-42-65(43-53-71)101(4,5)6)72-54-44-66(45-55-72)102(7,8)9)82-62-86(107(74-56-46-67(47-57-74)103(10,11)12)84-32-24-30-78-76-26-16-20-34-88(76)109-96(78)84)92-80-28-18-22-36-90(80)111-98(92)94(82)95-83(105)63-87(93-81-29-19-23-37-91(81)112-99(93)95)108(75-58-48-68(49-59-75)104(13,14)15)85-33-25-31-79-77-27-17-21-35-89(77)110-97(79)85/h16-63H,1-15H3. The van der Waals surface area contributed by atoms with Gasteiger partial charge in [0.15, 0.2) is 11.2 Å². The molecule has 0 saturated heterocycles. The summed E-state index contributed by atoms with van der Waals surface area (Å²) in [4.78, 5) is 7.32. The molecule has 0 N–H and O–H groups in total. The van der Waals surface area contributed by atoms with Crippen LogP contribution < -0.4 is 14.7 Å². The lowest BCUT2D eigenvalue weighted by molar-refractivity contribution is 0.589. The molecular weight excluding hydrogens is 1370 g/mol. The minimum atomic E-state index is -1.17. The van der Waals surface area contributed by atoms with E-state index in [0.717, 1.165) is 172 Å². The maximum absolute atomic E-state index is 7.88. The summed E-state index contributed by atoms with van der Waals surface area (Å²) < 4.78 is 30.2. The fraction of sp³-hybridized carbons (Fsp3) is 0.200. The summed E-state index contributed by atoms with van der Waals surface area (Å²) in [5.74, 6) is 0. The first-order chi connectivity index (χ1) is 53.7. The number of anilines is 9. The number of hydrogen-bond donors (Lipinski definition) is 0. The van der Waals surface area contributed by atoms with E-state index in [2.05, 4.69) is 410 Å². The average molecular weight is 1460 g/mol. The van der Waals surface area contributed by atoms with Crippen LogP contribution in [0.3, 0.4) is 0 Å². The Morgan fingerprint density at radius 3 is 0.795 bits per heavy atom. The molecule has 0 saturated carbocycles. The summed E-state index contributed by atoms with van der Waals surface area (Å²) in [7, 11) is 0. The highest BCUT2D eigenvalue weighted by Gasteiger charge is 2.51. The van der Waals surface area contributed by atoms with Gasteiger partial charge in [0.25, 0.3) is 0 Å². The second kappa shape index (κ2) is 25.4. The first kappa shape index (κ1) is 70.1. The predicted molar refractivity (Wildman–Crippen MR) is 470 cm³/mol. The van der Waals surface area contributed by atoms with Gasteiger partial charge in [-0.3, -0.25) is 0 Å². The van der Waals surface area contributed by atoms with Crippen LogP contribution in [0.1, 0.15) is 154 Å². The van der Waals surface area contributed by atoms with E-state index in [9.17, 15) is 0 Å². The molecule has 1 aliphatic carbocycles. The van der Waals surface area contributed by atoms with Gasteiger partial charge in [-0.2, -0.15) is 0 Å². The molecule has 7 heteroatoms. The van der Waals surface area contributed by atoms with E-state index < -0.39 is 5.41 Å². The number of rotatable bonds is 11. The highest BCUT2D eigenvalue weighted by molar-refractivity contribution is 6.26. The average Bonchev–Trinajstić information content (AvgIpc) is 1.49. The number of benzene rings is 14. The number of nitrogens with zero attached hydrogens (tertiary/aromatic N) is 3. The van der Waals surface area contributed by atoms with Gasteiger partial charge in [-0.1, -0.05) is 286 Å². The van der Waals surface area contributed by atoms with Crippen LogP contribution in [-0.4, -0.2) is 0 Å². The summed E-state index contributed by atoms with van der Waals surface area (Å²) >= 11 is 0. The van der Waals surface area contributed by atoms with Crippen molar-refractivity contribution in [2.24, 2.45) is 0 Å². The van der Waals surface area contributed by atoms with Crippen molar-refractivity contribution in [2.75, 3.05) is 14.7 Å². The smallest absolute Gasteiger partial charge is 0.159 e. The summed E-state index contributed by atoms with van der Waals surface area (Å²) in [5.41, 5.74) is 25.6. The van der Waals surface area contributed by atoms with Gasteiger partial charge in [0.05, 0.1) is 38.9 Å². The molecule has 4 aromatic heterocycles. The van der Waals surface area contributed by atoms with Crippen molar-refractivity contribution in [3.8, 4) is 11.1 Å². The Bertz CT molecular complexity index is 6370. The molecular formula is C105H93N3O4. The van der Waals surface area contributed by atoms with E-state index in [1.807, 2.05) is 0 Å². The topological polar surface area (TPSA) is 62.3 Å². The highest BCUT2D eigenvalue weighted by atomic mass is 16.3. The lowest BCUT2D eigenvalue weighted by atomic mass is 9.67. The molecule has 7 nitrogen and oxygen atoms in total. The Kier molecular flexibility index (Phi) is 15.9. The van der Waals surface area contributed by atoms with Gasteiger partial charge in [0.2, 0.25) is 0 Å². The van der Waals surface area contributed by atoms with Crippen LogP contribution in [0.4, 0.5) is 51.2 Å². The Morgan fingerprint density at radius 2 is 0.473 bits per heavy atom. The fourth-order valence-corrected chi connectivity index (χ4v) is 17.7. The van der Waals surface area contributed by atoms with Crippen LogP contribution in [0.25, 0.3) is 98.9 Å². The Balaban J connectivity index is 0.992. The van der Waals surface area contributed by atoms with Crippen LogP contribution in [0.15, 0.2) is 309 Å². The highest BCUT2D eigenvalue weighted by Crippen LogP contribution is 2.65. The van der Waals surface area contributed by atoms with E-state index in [1.54, 1.807) is 0 Å². The molecule has 0 amide bonds. The van der Waals surface area contributed by atoms with E-state index >= 15 is 0 Å². The van der Waals surface area contributed by atoms with Crippen molar-refractivity contribution in [1.29, 1.82) is 0 Å². The molecule has 552 valence electrons. The SMILES string of the molecule is CC(C)(C)c1ccc(N(c2ccc(C(C)(C)C)cc2)c2ccc(C3(c4ccc(C(C)(C)C)cc4)c4cc(N(c5ccc(C(C)(C)C)cc5)c5cccc6c5oc5ccccc56)c5c(oc6ccccc65)c4-c4c3cc(N(c3ccc(C(C)(C)C)cc3)c3cccc5c3oc3ccccc35)c3c4oc4ccccc43)cc2)cc1. The molecule has 4 heterocycles. The van der Waals surface area contributed by atoms with Crippen LogP contribution >= 0.6 is 0 Å². The zero-order chi connectivity index (χ0) is 77.3. The quantitative estimate of drug-likeness (QED) is 0.128. The van der Waals surface area contributed by atoms with Crippen molar-refractivity contribution < 1.29 is 17.7 Å². The van der Waals surface area contributed by atoms with Gasteiger partial charge in [-0.05, 0) is 186 Å². The van der Waals surface area contributed by atoms with E-state index in [1.165, 1.54) is 27.8 Å². The molecule has 18 aromatic rings. The van der Waals surface area contributed by atoms with E-state index in [0.29, 0.717) is 0 Å². The molecule has 0 fully saturated rings. The zero-order valence-electron chi connectivity index (χ0n) is 66.7. The molecule has 0 spiro atoms. The first-order valence-corrected chi connectivity index (χ1v) is 39.5. The number of hydrogen-bond acceptors (Lipinski definition) is 7. The number of fused-ring (bicyclic) bond motifs is 17. The van der Waals surface area contributed by atoms with Gasteiger partial charge in [0, 0.05) is 71.9 Å². The third kappa shape index (κ3) is 11.2. The van der Waals surface area contributed by atoms with E-state index in [4.69, 9.17) is 17.7 Å². The van der Waals surface area contributed by atoms with Gasteiger partial charge in [-0.15, -0.1) is 0 Å². The third-order valence-electron chi connectivity index (χ3n) is 23.8. The normalized spacial score (nSPS) is 13.4. The van der Waals surface area contributed by atoms with E-state index in [-0.39, 0.29) is 27.1 Å². The maximum atomic E-state index is 7.88. The molecule has 1 aliphatic rings. The minimum absolute atomic E-state index is 0.0440. The zero-order valence-corrected chi connectivity index (χ0v) is 66.7. The van der Waals surface area contributed by atoms with Crippen molar-refractivity contribution in [1.82, 2.24) is 0 Å². The van der Waals surface area contributed by atoms with Crippen molar-refractivity contribution >= 4 is 139 Å². The van der Waals surface area contributed by atoms with Gasteiger partial charge in [0.1, 0.15) is 33.5 Å². The lowest BCUT2D eigenvalue weighted by Crippen LogP contribution is -2.29. The van der Waals surface area contributed by atoms with Gasteiger partial charge in [-0.25, -0.2) is 0 Å². The van der Waals surface area contributed by atoms with Gasteiger partial charge < -0.3 is 32.4 Å². The third-order valence-corrected chi connectivity index (χ3v) is 23.8. The van der Waals surface area contributed by atoms with Gasteiger partial charge >= 0.3 is 0 Å². The minimum Gasteiger partial charge on any atom is -0.455 e. The van der Waals surface area contributed by atoms with Crippen LogP contribution in [0.2, 0.25) is 0 Å². The molecule has 0 unspecified atom stereocenters. The molecule has 0 atom stereocenters. The van der Waals surface area contributed by atoms with Crippen molar-refractivity contribution in [3.63, 3.8) is 0 Å². The summed E-state index contributed by atoms with van der Waals surface area (Å²) in [6, 6.07) is 108. The fourth-order valence-electron chi connectivity index (χ4n) is 17.7. The molecule has 14 aromatic carbocycles. The summed E-state index contributed by atoms with van der Waals surface area (Å²) in [5, 5.41) is 8.03. The van der Waals surface area contributed by atoms with Crippen molar-refractivity contribution in [3.05, 3.63) is 341 Å². The largest absolute Gasteiger partial charge is 0.455 e. The lowest BCUT2D eigenvalue weighted by Gasteiger charge is -2.37. The Morgan fingerprint density at radius 1 is 0.223 bits per heavy atom. The summed E-state index contributed by atoms with van der Waals surface area (Å²) in [6.45, 7) is 34.3. The van der Waals surface area contributed by atoms with Crippen molar-refractivity contribution in [2.45, 2.75) is 136 Å². The monoisotopic (exact) mass is 1460 g/mol. The van der Waals surface area contributed by atoms with Crippen LogP contribution in [0.5, 0.6) is 0 Å². The molecule has 0 aliphatic heterocycles. The Hall–Kier alpha value is -12.3. The second-order valence-corrected chi connectivity index (χ2v) is 36.1. The molecule has 19 rings (SSSR count). The van der Waals surface area contributed by atoms with Crippen LogP contribution in [0, 0.1) is 0 Å². The molecule has 0 bridgehead atoms.